The molecule has 232 valence electrons. The summed E-state index contributed by atoms with van der Waals surface area (Å²) in [4.78, 5) is 0. The Labute approximate surface area is 296 Å². The molecule has 14 aromatic rings. The molecule has 0 heteroatoms. The summed E-state index contributed by atoms with van der Waals surface area (Å²) < 4.78 is 0. The predicted octanol–water partition coefficient (Wildman–Crippen LogP) is 14.9. The van der Waals surface area contributed by atoms with E-state index in [1.54, 1.807) is 0 Å². The molecule has 0 unspecified atom stereocenters. The molecule has 0 N–H and O–H groups in total. The summed E-state index contributed by atoms with van der Waals surface area (Å²) in [5.41, 5.74) is 5.44. The maximum Gasteiger partial charge on any atom is -0.000761 e. The van der Waals surface area contributed by atoms with Crippen LogP contribution >= 0.6 is 0 Å². The Morgan fingerprint density at radius 2 is 0.558 bits per heavy atom. The Kier molecular flexibility index (Phi) is 3.92. The van der Waals surface area contributed by atoms with Crippen molar-refractivity contribution < 1.29 is 0 Å². The number of fused-ring (bicyclic) bond motifs is 16. The molecular weight excluding hydrogens is 625 g/mol. The summed E-state index contributed by atoms with van der Waals surface area (Å²) in [5, 5.41) is 33.1. The zero-order valence-electron chi connectivity index (χ0n) is 27.9. The van der Waals surface area contributed by atoms with Gasteiger partial charge in [0.05, 0.1) is 0 Å². The average Bonchev–Trinajstić information content (AvgIpc) is 3.91. The molecule has 0 heterocycles. The van der Waals surface area contributed by atoms with Gasteiger partial charge in [0.25, 0.3) is 0 Å². The highest BCUT2D eigenvalue weighted by molar-refractivity contribution is 6.52. The SMILES string of the molecule is c1ccc2c(c1)-c1ccc3c4ccc5c6cc7cc8c9cccc%10cccc(c%109)c8c8c9ccccc9c(c6c6ccc(c9ccc-2c1c39)c4c56)c78. The smallest absolute Gasteiger partial charge is 0.000761 e. The molecule has 0 fully saturated rings. The summed E-state index contributed by atoms with van der Waals surface area (Å²) in [6.07, 6.45) is 0. The van der Waals surface area contributed by atoms with Crippen LogP contribution in [0.1, 0.15) is 0 Å². The molecule has 0 aromatic heterocycles. The van der Waals surface area contributed by atoms with E-state index in [4.69, 9.17) is 0 Å². The van der Waals surface area contributed by atoms with Gasteiger partial charge in [0.2, 0.25) is 0 Å². The normalized spacial score (nSPS) is 13.4. The van der Waals surface area contributed by atoms with E-state index in [-0.39, 0.29) is 0 Å². The van der Waals surface area contributed by atoms with Crippen molar-refractivity contribution in [2.75, 3.05) is 0 Å². The lowest BCUT2D eigenvalue weighted by Crippen LogP contribution is -1.88. The highest BCUT2D eigenvalue weighted by atomic mass is 14.3. The van der Waals surface area contributed by atoms with E-state index in [0.717, 1.165) is 0 Å². The summed E-state index contributed by atoms with van der Waals surface area (Å²) >= 11 is 0. The van der Waals surface area contributed by atoms with Gasteiger partial charge in [-0.1, -0.05) is 133 Å². The minimum atomic E-state index is 1.32. The van der Waals surface area contributed by atoms with Crippen molar-refractivity contribution in [3.8, 4) is 22.3 Å². The molecule has 0 bridgehead atoms. The lowest BCUT2D eigenvalue weighted by molar-refractivity contribution is 1.70. The van der Waals surface area contributed by atoms with Gasteiger partial charge in [-0.05, 0) is 164 Å². The van der Waals surface area contributed by atoms with E-state index < -0.39 is 0 Å². The Hall–Kier alpha value is -6.76. The molecular formula is C52H24. The summed E-state index contributed by atoms with van der Waals surface area (Å²) in [6.45, 7) is 0. The second-order valence-electron chi connectivity index (χ2n) is 15.4. The quantitative estimate of drug-likeness (QED) is 0.113. The van der Waals surface area contributed by atoms with Gasteiger partial charge >= 0.3 is 0 Å². The monoisotopic (exact) mass is 648 g/mol. The lowest BCUT2D eigenvalue weighted by Gasteiger charge is -2.16. The van der Waals surface area contributed by atoms with E-state index in [9.17, 15) is 0 Å². The van der Waals surface area contributed by atoms with Crippen LogP contribution in [0.25, 0.3) is 152 Å². The first-order valence-electron chi connectivity index (χ1n) is 18.4. The molecule has 0 spiro atoms. The van der Waals surface area contributed by atoms with Crippen LogP contribution in [0.15, 0.2) is 146 Å². The van der Waals surface area contributed by atoms with Crippen LogP contribution in [0.5, 0.6) is 0 Å². The Bertz CT molecular complexity index is 3870. The molecule has 0 saturated heterocycles. The minimum absolute atomic E-state index is 1.32. The molecule has 52 heavy (non-hydrogen) atoms. The number of benzene rings is 11. The van der Waals surface area contributed by atoms with Crippen LogP contribution in [-0.4, -0.2) is 0 Å². The lowest BCUT2D eigenvalue weighted by atomic mass is 9.87. The molecule has 14 aromatic carbocycles. The first-order valence-corrected chi connectivity index (χ1v) is 18.4. The fraction of sp³-hybridized carbons (Fsp3) is 0. The maximum atomic E-state index is 2.53. The van der Waals surface area contributed by atoms with Gasteiger partial charge in [-0.2, -0.15) is 0 Å². The van der Waals surface area contributed by atoms with E-state index in [2.05, 4.69) is 146 Å². The molecule has 15 rings (SSSR count). The molecule has 0 amide bonds. The average molecular weight is 649 g/mol. The molecule has 0 atom stereocenters. The van der Waals surface area contributed by atoms with Gasteiger partial charge in [0, 0.05) is 0 Å². The van der Waals surface area contributed by atoms with Crippen LogP contribution < -0.4 is 0 Å². The number of hydrogen-bond acceptors (Lipinski definition) is 0. The van der Waals surface area contributed by atoms with Gasteiger partial charge in [0.1, 0.15) is 0 Å². The summed E-state index contributed by atoms with van der Waals surface area (Å²) in [6, 6.07) is 56.1. The fourth-order valence-corrected chi connectivity index (χ4v) is 11.5. The highest BCUT2D eigenvalue weighted by Gasteiger charge is 2.28. The molecule has 1 aliphatic rings. The molecule has 0 saturated carbocycles. The first-order chi connectivity index (χ1) is 25.8. The van der Waals surface area contributed by atoms with Gasteiger partial charge < -0.3 is 0 Å². The maximum absolute atomic E-state index is 2.53. The van der Waals surface area contributed by atoms with Gasteiger partial charge in [-0.25, -0.2) is 0 Å². The zero-order valence-corrected chi connectivity index (χ0v) is 27.9. The van der Waals surface area contributed by atoms with Crippen molar-refractivity contribution in [2.45, 2.75) is 0 Å². The van der Waals surface area contributed by atoms with Gasteiger partial charge in [0.15, 0.2) is 0 Å². The fourth-order valence-electron chi connectivity index (χ4n) is 11.5. The molecule has 0 nitrogen and oxygen atoms in total. The zero-order chi connectivity index (χ0) is 33.1. The van der Waals surface area contributed by atoms with E-state index >= 15 is 0 Å². The van der Waals surface area contributed by atoms with Crippen molar-refractivity contribution in [1.82, 2.24) is 0 Å². The van der Waals surface area contributed by atoms with Crippen molar-refractivity contribution in [1.29, 1.82) is 0 Å². The van der Waals surface area contributed by atoms with E-state index in [1.165, 1.54) is 152 Å². The second kappa shape index (κ2) is 8.07. The van der Waals surface area contributed by atoms with Crippen LogP contribution in [0.4, 0.5) is 0 Å². The molecule has 0 radical (unpaired) electrons. The van der Waals surface area contributed by atoms with Crippen LogP contribution in [-0.2, 0) is 0 Å². The van der Waals surface area contributed by atoms with Crippen LogP contribution in [0, 0.1) is 0 Å². The van der Waals surface area contributed by atoms with Crippen LogP contribution in [0.2, 0.25) is 0 Å². The first kappa shape index (κ1) is 25.2. The van der Waals surface area contributed by atoms with Crippen molar-refractivity contribution >= 4 is 129 Å². The third kappa shape index (κ3) is 2.51. The molecule has 1 aliphatic carbocycles. The van der Waals surface area contributed by atoms with Crippen LogP contribution in [0.3, 0.4) is 0 Å². The Balaban J connectivity index is 1.18. The summed E-state index contributed by atoms with van der Waals surface area (Å²) in [5.74, 6) is 0. The van der Waals surface area contributed by atoms with Crippen molar-refractivity contribution in [3.63, 3.8) is 0 Å². The van der Waals surface area contributed by atoms with Crippen molar-refractivity contribution in [3.05, 3.63) is 146 Å². The van der Waals surface area contributed by atoms with Gasteiger partial charge in [-0.3, -0.25) is 0 Å². The Morgan fingerprint density at radius 1 is 0.173 bits per heavy atom. The minimum Gasteiger partial charge on any atom is -0.0616 e. The third-order valence-corrected chi connectivity index (χ3v) is 13.3. The summed E-state index contributed by atoms with van der Waals surface area (Å²) in [7, 11) is 0. The third-order valence-electron chi connectivity index (χ3n) is 13.3. The Morgan fingerprint density at radius 3 is 1.17 bits per heavy atom. The standard InChI is InChI=1S/C52H24/c1-2-10-28-27(9-1)32-15-17-34-36-19-20-38-42-24-26-23-41-31-13-5-7-25-8-6-14-39(43(25)31)49(41)51-29-11-3-4-12-30(29)52(44(26)51)50(42)40-22-21-37(47(36)48(38)40)35-18-16-33(28)45(32)46(34)35/h1-24H. The number of hydrogen-bond donors (Lipinski definition) is 0. The highest BCUT2D eigenvalue weighted by Crippen LogP contribution is 2.56. The topological polar surface area (TPSA) is 0 Å². The second-order valence-corrected chi connectivity index (χ2v) is 15.4. The predicted molar refractivity (Wildman–Crippen MR) is 226 cm³/mol. The number of rotatable bonds is 0. The van der Waals surface area contributed by atoms with E-state index in [1.807, 2.05) is 0 Å². The largest absolute Gasteiger partial charge is 0.0616 e. The van der Waals surface area contributed by atoms with Crippen molar-refractivity contribution in [2.24, 2.45) is 0 Å². The molecule has 0 aliphatic heterocycles. The van der Waals surface area contributed by atoms with Gasteiger partial charge in [-0.15, -0.1) is 0 Å². The van der Waals surface area contributed by atoms with E-state index in [0.29, 0.717) is 0 Å².